The second kappa shape index (κ2) is 6.83. The fourth-order valence-corrected chi connectivity index (χ4v) is 2.40. The van der Waals surface area contributed by atoms with E-state index in [1.54, 1.807) is 10.9 Å². The number of aromatic nitrogens is 2. The number of aryl methyl sites for hydroxylation is 1. The monoisotopic (exact) mass is 276 g/mol. The molecule has 1 aromatic heterocycles. The van der Waals surface area contributed by atoms with Crippen LogP contribution in [0, 0.1) is 0 Å². The highest BCUT2D eigenvalue weighted by atomic mass is 32.2. The van der Waals surface area contributed by atoms with Crippen molar-refractivity contribution < 1.29 is 13.5 Å². The Morgan fingerprint density at radius 3 is 2.83 bits per heavy atom. The Morgan fingerprint density at radius 2 is 2.28 bits per heavy atom. The molecule has 0 aromatic carbocycles. The van der Waals surface area contributed by atoms with Crippen molar-refractivity contribution in [2.45, 2.75) is 12.8 Å². The molecule has 1 aromatic rings. The maximum absolute atomic E-state index is 11.7. The highest BCUT2D eigenvalue weighted by Crippen LogP contribution is 1.99. The van der Waals surface area contributed by atoms with Crippen molar-refractivity contribution in [1.29, 1.82) is 0 Å². The third kappa shape index (κ3) is 4.73. The van der Waals surface area contributed by atoms with Crippen LogP contribution in [0.2, 0.25) is 0 Å². The summed E-state index contributed by atoms with van der Waals surface area (Å²) >= 11 is 0. The number of nitrogens with one attached hydrogen (secondary N) is 1. The predicted octanol–water partition coefficient (Wildman–Crippen LogP) is -0.889. The first-order valence-corrected chi connectivity index (χ1v) is 7.19. The zero-order valence-corrected chi connectivity index (χ0v) is 11.5. The molecule has 0 amide bonds. The van der Waals surface area contributed by atoms with Crippen molar-refractivity contribution in [3.05, 3.63) is 18.0 Å². The average molecular weight is 276 g/mol. The molecule has 0 atom stereocenters. The summed E-state index contributed by atoms with van der Waals surface area (Å²) in [6, 6.07) is 0. The number of nitrogens with zero attached hydrogens (tertiary/aromatic N) is 3. The summed E-state index contributed by atoms with van der Waals surface area (Å²) < 4.78 is 28.9. The van der Waals surface area contributed by atoms with Crippen LogP contribution in [-0.2, 0) is 23.7 Å². The van der Waals surface area contributed by atoms with E-state index in [2.05, 4.69) is 9.82 Å². The largest absolute Gasteiger partial charge is 0.396 e. The number of aliphatic hydroxyl groups is 1. The Balaban J connectivity index is 2.37. The Morgan fingerprint density at radius 1 is 1.56 bits per heavy atom. The van der Waals surface area contributed by atoms with Crippen LogP contribution >= 0.6 is 0 Å². The Bertz CT molecular complexity index is 457. The van der Waals surface area contributed by atoms with E-state index < -0.39 is 10.2 Å². The highest BCUT2D eigenvalue weighted by Gasteiger charge is 2.15. The van der Waals surface area contributed by atoms with Gasteiger partial charge in [-0.15, -0.1) is 0 Å². The molecule has 0 radical (unpaired) electrons. The van der Waals surface area contributed by atoms with Gasteiger partial charge in [-0.1, -0.05) is 0 Å². The zero-order chi connectivity index (χ0) is 13.6. The molecule has 0 aliphatic heterocycles. The molecule has 0 aliphatic rings. The number of hydrogen-bond acceptors (Lipinski definition) is 4. The molecular formula is C10H20N4O3S. The Labute approximate surface area is 108 Å². The highest BCUT2D eigenvalue weighted by molar-refractivity contribution is 7.87. The van der Waals surface area contributed by atoms with Gasteiger partial charge in [0.25, 0.3) is 10.2 Å². The van der Waals surface area contributed by atoms with Gasteiger partial charge in [0.05, 0.1) is 6.20 Å². The molecule has 104 valence electrons. The van der Waals surface area contributed by atoms with Crippen LogP contribution in [0.3, 0.4) is 0 Å². The average Bonchev–Trinajstić information content (AvgIpc) is 2.71. The molecule has 8 heteroatoms. The SMILES string of the molecule is CN(CCCO)S(=O)(=O)NCCc1cnn(C)c1. The zero-order valence-electron chi connectivity index (χ0n) is 10.7. The van der Waals surface area contributed by atoms with Gasteiger partial charge in [-0.2, -0.15) is 17.8 Å². The fraction of sp³-hybridized carbons (Fsp3) is 0.700. The van der Waals surface area contributed by atoms with Gasteiger partial charge in [0.1, 0.15) is 0 Å². The van der Waals surface area contributed by atoms with E-state index in [0.717, 1.165) is 5.56 Å². The van der Waals surface area contributed by atoms with Crippen LogP contribution in [0.1, 0.15) is 12.0 Å². The van der Waals surface area contributed by atoms with E-state index in [4.69, 9.17) is 5.11 Å². The van der Waals surface area contributed by atoms with Gasteiger partial charge in [-0.25, -0.2) is 4.72 Å². The van der Waals surface area contributed by atoms with Gasteiger partial charge in [-0.3, -0.25) is 4.68 Å². The molecule has 0 bridgehead atoms. The summed E-state index contributed by atoms with van der Waals surface area (Å²) in [6.45, 7) is 0.617. The number of hydrogen-bond donors (Lipinski definition) is 2. The summed E-state index contributed by atoms with van der Waals surface area (Å²) in [7, 11) is -0.147. The lowest BCUT2D eigenvalue weighted by atomic mass is 10.3. The van der Waals surface area contributed by atoms with E-state index in [9.17, 15) is 8.42 Å². The quantitative estimate of drug-likeness (QED) is 0.645. The van der Waals surface area contributed by atoms with Gasteiger partial charge < -0.3 is 5.11 Å². The molecule has 0 aliphatic carbocycles. The van der Waals surface area contributed by atoms with Crippen LogP contribution in [0.25, 0.3) is 0 Å². The second-order valence-electron chi connectivity index (χ2n) is 4.07. The summed E-state index contributed by atoms with van der Waals surface area (Å²) in [4.78, 5) is 0. The summed E-state index contributed by atoms with van der Waals surface area (Å²) in [6.07, 6.45) is 4.59. The van der Waals surface area contributed by atoms with Crippen molar-refractivity contribution in [2.24, 2.45) is 7.05 Å². The molecule has 0 unspecified atom stereocenters. The van der Waals surface area contributed by atoms with Crippen LogP contribution in [0.5, 0.6) is 0 Å². The maximum atomic E-state index is 11.7. The van der Waals surface area contributed by atoms with Gasteiger partial charge >= 0.3 is 0 Å². The third-order valence-corrected chi connectivity index (χ3v) is 4.07. The van der Waals surface area contributed by atoms with Crippen molar-refractivity contribution in [2.75, 3.05) is 26.7 Å². The predicted molar refractivity (Wildman–Crippen MR) is 68.2 cm³/mol. The van der Waals surface area contributed by atoms with Crippen molar-refractivity contribution in [3.8, 4) is 0 Å². The number of aliphatic hydroxyl groups excluding tert-OH is 1. The number of rotatable bonds is 8. The van der Waals surface area contributed by atoms with Crippen LogP contribution < -0.4 is 4.72 Å². The summed E-state index contributed by atoms with van der Waals surface area (Å²) in [5.41, 5.74) is 0.984. The minimum Gasteiger partial charge on any atom is -0.396 e. The smallest absolute Gasteiger partial charge is 0.279 e. The molecule has 2 N–H and O–H groups in total. The maximum Gasteiger partial charge on any atom is 0.279 e. The molecule has 1 rings (SSSR count). The molecule has 1 heterocycles. The van der Waals surface area contributed by atoms with Crippen molar-refractivity contribution >= 4 is 10.2 Å². The molecule has 7 nitrogen and oxygen atoms in total. The van der Waals surface area contributed by atoms with Gasteiger partial charge in [-0.05, 0) is 18.4 Å². The van der Waals surface area contributed by atoms with Crippen LogP contribution in [0.4, 0.5) is 0 Å². The lowest BCUT2D eigenvalue weighted by Gasteiger charge is -2.16. The molecule has 0 fully saturated rings. The van der Waals surface area contributed by atoms with Crippen LogP contribution in [0.15, 0.2) is 12.4 Å². The molecule has 18 heavy (non-hydrogen) atoms. The van der Waals surface area contributed by atoms with E-state index in [-0.39, 0.29) is 6.61 Å². The summed E-state index contributed by atoms with van der Waals surface area (Å²) in [5, 5.41) is 12.7. The van der Waals surface area contributed by atoms with E-state index in [0.29, 0.717) is 25.9 Å². The molecule has 0 saturated carbocycles. The lowest BCUT2D eigenvalue weighted by molar-refractivity contribution is 0.275. The van der Waals surface area contributed by atoms with Gasteiger partial charge in [0, 0.05) is 40.0 Å². The van der Waals surface area contributed by atoms with Crippen LogP contribution in [-0.4, -0.2) is 54.4 Å². The Kier molecular flexibility index (Phi) is 5.73. The fourth-order valence-electron chi connectivity index (χ4n) is 1.45. The van der Waals surface area contributed by atoms with Crippen molar-refractivity contribution in [3.63, 3.8) is 0 Å². The van der Waals surface area contributed by atoms with E-state index in [1.165, 1.54) is 11.4 Å². The Hall–Kier alpha value is -0.960. The van der Waals surface area contributed by atoms with E-state index in [1.807, 2.05) is 13.2 Å². The molecule has 0 saturated heterocycles. The third-order valence-electron chi connectivity index (χ3n) is 2.50. The summed E-state index contributed by atoms with van der Waals surface area (Å²) in [5.74, 6) is 0. The first-order valence-electron chi connectivity index (χ1n) is 5.75. The molecule has 0 spiro atoms. The normalized spacial score (nSPS) is 12.2. The first kappa shape index (κ1) is 15.1. The molecular weight excluding hydrogens is 256 g/mol. The minimum atomic E-state index is -3.45. The standard InChI is InChI=1S/C10H20N4O3S/c1-13-9-10(8-11-13)4-5-12-18(16,17)14(2)6-3-7-15/h8-9,12,15H,3-7H2,1-2H3. The first-order chi connectivity index (χ1) is 8.45. The lowest BCUT2D eigenvalue weighted by Crippen LogP contribution is -2.39. The van der Waals surface area contributed by atoms with E-state index >= 15 is 0 Å². The second-order valence-corrected chi connectivity index (χ2v) is 5.93. The topological polar surface area (TPSA) is 87.5 Å². The van der Waals surface area contributed by atoms with Gasteiger partial charge in [0.15, 0.2) is 0 Å². The van der Waals surface area contributed by atoms with Gasteiger partial charge in [0.2, 0.25) is 0 Å². The van der Waals surface area contributed by atoms with Crippen molar-refractivity contribution in [1.82, 2.24) is 18.8 Å². The minimum absolute atomic E-state index is 0.0183.